The van der Waals surface area contributed by atoms with Crippen LogP contribution in [0, 0.1) is 0 Å². The number of hydrogen-bond acceptors (Lipinski definition) is 2. The van der Waals surface area contributed by atoms with Gasteiger partial charge in [-0.25, -0.2) is 0 Å². The molecule has 0 heterocycles. The highest BCUT2D eigenvalue weighted by Gasteiger charge is 2.09. The number of esters is 1. The largest absolute Gasteiger partial charge is 0.415 e. The van der Waals surface area contributed by atoms with Crippen LogP contribution < -0.4 is 0 Å². The first-order valence-electron chi connectivity index (χ1n) is 4.53. The van der Waals surface area contributed by atoms with Crippen LogP contribution in [0.2, 0.25) is 0 Å². The predicted molar refractivity (Wildman–Crippen MR) is 53.0 cm³/mol. The Balaban J connectivity index is 3.52. The fourth-order valence-corrected chi connectivity index (χ4v) is 0.706. The molecule has 76 valence electrons. The molecule has 0 unspecified atom stereocenters. The first-order chi connectivity index (χ1) is 5.95. The summed E-state index contributed by atoms with van der Waals surface area (Å²) in [6.07, 6.45) is 5.15. The Morgan fingerprint density at radius 1 is 1.38 bits per heavy atom. The van der Waals surface area contributed by atoms with Gasteiger partial charge in [-0.05, 0) is 13.3 Å². The van der Waals surface area contributed by atoms with E-state index in [4.69, 9.17) is 4.74 Å². The third-order valence-electron chi connectivity index (χ3n) is 1.36. The molecule has 0 saturated carbocycles. The first kappa shape index (κ1) is 12.2. The van der Waals surface area contributed by atoms with Crippen molar-refractivity contribution >= 4 is 5.97 Å². The highest BCUT2D eigenvalue weighted by Crippen LogP contribution is 1.97. The maximum absolute atomic E-state index is 11.1. The van der Waals surface area contributed by atoms with Gasteiger partial charge in [-0.1, -0.05) is 12.2 Å². The molecule has 0 saturated heterocycles. The summed E-state index contributed by atoms with van der Waals surface area (Å²) in [5, 5.41) is 0. The van der Waals surface area contributed by atoms with Crippen molar-refractivity contribution in [3.05, 3.63) is 12.2 Å². The Bertz CT molecular complexity index is 180. The van der Waals surface area contributed by atoms with Crippen LogP contribution in [-0.2, 0) is 9.53 Å². The number of ether oxygens (including phenoxy) is 1. The zero-order valence-corrected chi connectivity index (χ0v) is 9.04. The molecule has 3 heteroatoms. The van der Waals surface area contributed by atoms with Gasteiger partial charge in [0.05, 0.1) is 21.1 Å². The fourth-order valence-electron chi connectivity index (χ4n) is 0.706. The number of hydrogen-bond donors (Lipinski definition) is 0. The Kier molecular flexibility index (Phi) is 5.39. The van der Waals surface area contributed by atoms with Crippen LogP contribution in [-0.4, -0.2) is 38.3 Å². The fraction of sp³-hybridized carbons (Fsp3) is 0.700. The van der Waals surface area contributed by atoms with Crippen LogP contribution >= 0.6 is 0 Å². The van der Waals surface area contributed by atoms with Crippen molar-refractivity contribution < 1.29 is 14.0 Å². The van der Waals surface area contributed by atoms with Gasteiger partial charge in [-0.3, -0.25) is 9.28 Å². The lowest BCUT2D eigenvalue weighted by molar-refractivity contribution is -0.888. The molecule has 0 aromatic heterocycles. The van der Waals surface area contributed by atoms with Crippen molar-refractivity contribution in [1.82, 2.24) is 0 Å². The quantitative estimate of drug-likeness (QED) is 0.282. The molecule has 0 atom stereocenters. The summed E-state index contributed by atoms with van der Waals surface area (Å²) < 4.78 is 5.70. The standard InChI is InChI=1S/C10H20NO2/c1-5-6-7-8-10(12)13-9-11(2,3)4/h5-6H,7-9H2,1-4H3/q+1/b6-5+. The number of quaternary nitrogens is 1. The van der Waals surface area contributed by atoms with Gasteiger partial charge >= 0.3 is 5.97 Å². The number of allylic oxidation sites excluding steroid dienone is 2. The average Bonchev–Trinajstić information content (AvgIpc) is 2.00. The van der Waals surface area contributed by atoms with E-state index in [1.807, 2.05) is 40.2 Å². The molecular weight excluding hydrogens is 166 g/mol. The second kappa shape index (κ2) is 5.75. The lowest BCUT2D eigenvalue weighted by atomic mass is 10.3. The molecule has 0 aromatic rings. The van der Waals surface area contributed by atoms with Gasteiger partial charge < -0.3 is 4.74 Å². The second-order valence-corrected chi connectivity index (χ2v) is 4.04. The lowest BCUT2D eigenvalue weighted by Crippen LogP contribution is -2.37. The van der Waals surface area contributed by atoms with Gasteiger partial charge in [-0.15, -0.1) is 0 Å². The van der Waals surface area contributed by atoms with E-state index >= 15 is 0 Å². The summed E-state index contributed by atoms with van der Waals surface area (Å²) in [5.74, 6) is -0.119. The van der Waals surface area contributed by atoms with Crippen LogP contribution in [0.3, 0.4) is 0 Å². The van der Waals surface area contributed by atoms with E-state index in [2.05, 4.69) is 0 Å². The summed E-state index contributed by atoms with van der Waals surface area (Å²) in [5.41, 5.74) is 0. The van der Waals surface area contributed by atoms with Gasteiger partial charge in [0, 0.05) is 6.42 Å². The van der Waals surface area contributed by atoms with Crippen LogP contribution in [0.15, 0.2) is 12.2 Å². The Hall–Kier alpha value is -0.830. The van der Waals surface area contributed by atoms with Gasteiger partial charge in [0.25, 0.3) is 0 Å². The van der Waals surface area contributed by atoms with E-state index in [9.17, 15) is 4.79 Å². The number of carbonyl (C=O) groups is 1. The van der Waals surface area contributed by atoms with Gasteiger partial charge in [0.15, 0.2) is 0 Å². The molecular formula is C10H20NO2+. The highest BCUT2D eigenvalue weighted by atomic mass is 16.5. The topological polar surface area (TPSA) is 26.3 Å². The third kappa shape index (κ3) is 9.08. The van der Waals surface area contributed by atoms with Crippen LogP contribution in [0.5, 0.6) is 0 Å². The minimum absolute atomic E-state index is 0.119. The Morgan fingerprint density at radius 2 is 2.00 bits per heavy atom. The zero-order valence-electron chi connectivity index (χ0n) is 9.04. The molecule has 0 bridgehead atoms. The van der Waals surface area contributed by atoms with E-state index in [1.54, 1.807) is 0 Å². The molecule has 13 heavy (non-hydrogen) atoms. The zero-order chi connectivity index (χ0) is 10.3. The van der Waals surface area contributed by atoms with E-state index < -0.39 is 0 Å². The van der Waals surface area contributed by atoms with E-state index in [-0.39, 0.29) is 5.97 Å². The Morgan fingerprint density at radius 3 is 2.46 bits per heavy atom. The van der Waals surface area contributed by atoms with Gasteiger partial charge in [0.2, 0.25) is 6.73 Å². The first-order valence-corrected chi connectivity index (χ1v) is 4.53. The van der Waals surface area contributed by atoms with E-state index in [1.165, 1.54) is 0 Å². The molecule has 0 aliphatic carbocycles. The van der Waals surface area contributed by atoms with Gasteiger partial charge in [0.1, 0.15) is 0 Å². The average molecular weight is 186 g/mol. The van der Waals surface area contributed by atoms with E-state index in [0.29, 0.717) is 17.6 Å². The normalized spacial score (nSPS) is 12.0. The maximum atomic E-state index is 11.1. The van der Waals surface area contributed by atoms with Crippen molar-refractivity contribution in [2.45, 2.75) is 19.8 Å². The molecule has 0 aliphatic heterocycles. The van der Waals surface area contributed by atoms with Gasteiger partial charge in [-0.2, -0.15) is 0 Å². The summed E-state index contributed by atoms with van der Waals surface area (Å²) in [4.78, 5) is 11.1. The van der Waals surface area contributed by atoms with Crippen molar-refractivity contribution in [3.8, 4) is 0 Å². The van der Waals surface area contributed by atoms with Crippen LogP contribution in [0.25, 0.3) is 0 Å². The molecule has 3 nitrogen and oxygen atoms in total. The van der Waals surface area contributed by atoms with Crippen molar-refractivity contribution in [1.29, 1.82) is 0 Å². The molecule has 0 aromatic carbocycles. The van der Waals surface area contributed by atoms with Crippen molar-refractivity contribution in [3.63, 3.8) is 0 Å². The minimum Gasteiger partial charge on any atom is -0.415 e. The van der Waals surface area contributed by atoms with Crippen LogP contribution in [0.4, 0.5) is 0 Å². The number of nitrogens with zero attached hydrogens (tertiary/aromatic N) is 1. The summed E-state index contributed by atoms with van der Waals surface area (Å²) in [6, 6.07) is 0. The summed E-state index contributed by atoms with van der Waals surface area (Å²) in [6.45, 7) is 2.38. The Labute approximate surface area is 80.6 Å². The molecule has 0 amide bonds. The molecule has 0 N–H and O–H groups in total. The molecule has 0 rings (SSSR count). The molecule has 0 aliphatic rings. The molecule has 0 fully saturated rings. The monoisotopic (exact) mass is 186 g/mol. The second-order valence-electron chi connectivity index (χ2n) is 4.04. The molecule has 0 radical (unpaired) electrons. The third-order valence-corrected chi connectivity index (χ3v) is 1.36. The van der Waals surface area contributed by atoms with Crippen molar-refractivity contribution in [2.75, 3.05) is 27.9 Å². The summed E-state index contributed by atoms with van der Waals surface area (Å²) >= 11 is 0. The number of rotatable bonds is 5. The maximum Gasteiger partial charge on any atom is 0.310 e. The molecule has 0 spiro atoms. The number of carbonyl (C=O) groups excluding carboxylic acids is 1. The summed E-state index contributed by atoms with van der Waals surface area (Å²) in [7, 11) is 5.96. The lowest BCUT2D eigenvalue weighted by Gasteiger charge is -2.22. The SMILES string of the molecule is C/C=C/CCC(=O)OC[N+](C)(C)C. The minimum atomic E-state index is -0.119. The van der Waals surface area contributed by atoms with Crippen molar-refractivity contribution in [2.24, 2.45) is 0 Å². The predicted octanol–water partition coefficient (Wildman–Crippen LogP) is 1.55. The van der Waals surface area contributed by atoms with Crippen LogP contribution in [0.1, 0.15) is 19.8 Å². The highest BCUT2D eigenvalue weighted by molar-refractivity contribution is 5.69. The smallest absolute Gasteiger partial charge is 0.310 e. The van der Waals surface area contributed by atoms with E-state index in [0.717, 1.165) is 6.42 Å².